The Morgan fingerprint density at radius 3 is 2.88 bits per heavy atom. The summed E-state index contributed by atoms with van der Waals surface area (Å²) in [7, 11) is 0. The fourth-order valence-electron chi connectivity index (χ4n) is 1.60. The maximum atomic E-state index is 13.1. The summed E-state index contributed by atoms with van der Waals surface area (Å²) in [6.45, 7) is 1.79. The van der Waals surface area contributed by atoms with Crippen molar-refractivity contribution < 1.29 is 9.18 Å². The average molecular weight is 277 g/mol. The van der Waals surface area contributed by atoms with Gasteiger partial charge in [0.05, 0.1) is 6.04 Å². The summed E-state index contributed by atoms with van der Waals surface area (Å²) in [5.41, 5.74) is 1.31. The molecule has 6 heteroatoms. The van der Waals surface area contributed by atoms with E-state index in [1.54, 1.807) is 24.8 Å². The molecule has 2 N–H and O–H groups in total. The molecule has 3 nitrogen and oxygen atoms in total. The van der Waals surface area contributed by atoms with Gasteiger partial charge in [-0.3, -0.25) is 10.1 Å². The zero-order chi connectivity index (χ0) is 11.5. The third-order valence-electron chi connectivity index (χ3n) is 2.34. The molecule has 17 heavy (non-hydrogen) atoms. The molecule has 1 aromatic rings. The summed E-state index contributed by atoms with van der Waals surface area (Å²) < 4.78 is 13.1. The van der Waals surface area contributed by atoms with Gasteiger partial charge in [-0.2, -0.15) is 0 Å². The summed E-state index contributed by atoms with van der Waals surface area (Å²) in [6.07, 6.45) is 0. The highest BCUT2D eigenvalue weighted by Gasteiger charge is 2.22. The molecule has 0 radical (unpaired) electrons. The van der Waals surface area contributed by atoms with E-state index in [-0.39, 0.29) is 30.2 Å². The predicted molar refractivity (Wildman–Crippen MR) is 71.3 cm³/mol. The van der Waals surface area contributed by atoms with Crippen LogP contribution in [0.5, 0.6) is 0 Å². The first-order valence-corrected chi connectivity index (χ1v) is 6.20. The Hall–Kier alpha value is -0.780. The monoisotopic (exact) mass is 276 g/mol. The highest BCUT2D eigenvalue weighted by molar-refractivity contribution is 7.99. The van der Waals surface area contributed by atoms with Crippen molar-refractivity contribution in [2.24, 2.45) is 0 Å². The van der Waals surface area contributed by atoms with Gasteiger partial charge in [0, 0.05) is 17.3 Å². The number of thioether (sulfide) groups is 1. The van der Waals surface area contributed by atoms with Gasteiger partial charge in [-0.1, -0.05) is 0 Å². The van der Waals surface area contributed by atoms with Crippen LogP contribution in [0.3, 0.4) is 0 Å². The first kappa shape index (κ1) is 14.3. The fourth-order valence-corrected chi connectivity index (χ4v) is 2.54. The molecular weight excluding hydrogens is 263 g/mol. The summed E-state index contributed by atoms with van der Waals surface area (Å²) in [5, 5.41) is 5.77. The van der Waals surface area contributed by atoms with Gasteiger partial charge in [-0.25, -0.2) is 4.39 Å². The Morgan fingerprint density at radius 1 is 1.53 bits per heavy atom. The summed E-state index contributed by atoms with van der Waals surface area (Å²) in [4.78, 5) is 11.7. The molecule has 1 atom stereocenters. The Balaban J connectivity index is 0.00000144. The molecule has 0 saturated carbocycles. The molecule has 1 aromatic carbocycles. The summed E-state index contributed by atoms with van der Waals surface area (Å²) in [6, 6.07) is 4.34. The van der Waals surface area contributed by atoms with Crippen molar-refractivity contribution >= 4 is 35.8 Å². The van der Waals surface area contributed by atoms with Gasteiger partial charge in [0.1, 0.15) is 5.82 Å². The number of halogens is 2. The lowest BCUT2D eigenvalue weighted by atomic mass is 10.2. The second-order valence-corrected chi connectivity index (χ2v) is 4.81. The number of rotatable bonds is 2. The molecule has 1 saturated heterocycles. The molecule has 1 unspecified atom stereocenters. The van der Waals surface area contributed by atoms with E-state index >= 15 is 0 Å². The first-order valence-electron chi connectivity index (χ1n) is 5.04. The topological polar surface area (TPSA) is 41.1 Å². The molecule has 0 bridgehead atoms. The summed E-state index contributed by atoms with van der Waals surface area (Å²) in [5.74, 6) is 1.12. The van der Waals surface area contributed by atoms with Crippen molar-refractivity contribution in [3.8, 4) is 0 Å². The average Bonchev–Trinajstić information content (AvgIpc) is 2.68. The normalized spacial score (nSPS) is 18.6. The molecule has 0 aliphatic carbocycles. The van der Waals surface area contributed by atoms with Crippen molar-refractivity contribution in [2.75, 3.05) is 16.9 Å². The molecule has 1 fully saturated rings. The number of carbonyl (C=O) groups is 1. The van der Waals surface area contributed by atoms with Gasteiger partial charge in [-0.05, 0) is 30.7 Å². The maximum Gasteiger partial charge on any atom is 0.242 e. The lowest BCUT2D eigenvalue weighted by Crippen LogP contribution is -2.37. The van der Waals surface area contributed by atoms with Gasteiger partial charge in [-0.15, -0.1) is 24.2 Å². The Morgan fingerprint density at radius 2 is 2.29 bits per heavy atom. The van der Waals surface area contributed by atoms with Gasteiger partial charge >= 0.3 is 0 Å². The van der Waals surface area contributed by atoms with Crippen molar-refractivity contribution in [2.45, 2.75) is 13.0 Å². The molecule has 0 aromatic heterocycles. The van der Waals surface area contributed by atoms with E-state index < -0.39 is 0 Å². The minimum atomic E-state index is -0.330. The van der Waals surface area contributed by atoms with Crippen LogP contribution >= 0.6 is 24.2 Å². The van der Waals surface area contributed by atoms with Gasteiger partial charge in [0.15, 0.2) is 0 Å². The lowest BCUT2D eigenvalue weighted by Gasteiger charge is -2.11. The number of carbonyl (C=O) groups excluding carboxylic acids is 1. The minimum absolute atomic E-state index is 0. The number of benzene rings is 1. The molecule has 1 heterocycles. The largest absolute Gasteiger partial charge is 0.325 e. The molecule has 1 aliphatic heterocycles. The Bertz CT molecular complexity index is 390. The van der Waals surface area contributed by atoms with Crippen molar-refractivity contribution in [3.05, 3.63) is 29.6 Å². The number of anilines is 1. The van der Waals surface area contributed by atoms with E-state index in [2.05, 4.69) is 10.6 Å². The number of amides is 1. The zero-order valence-electron chi connectivity index (χ0n) is 9.33. The Labute approximate surface area is 110 Å². The Kier molecular flexibility index (Phi) is 5.24. The number of nitrogens with one attached hydrogen (secondary N) is 2. The van der Waals surface area contributed by atoms with Gasteiger partial charge in [0.2, 0.25) is 5.91 Å². The van der Waals surface area contributed by atoms with E-state index in [9.17, 15) is 9.18 Å². The van der Waals surface area contributed by atoms with E-state index in [1.165, 1.54) is 12.1 Å². The lowest BCUT2D eigenvalue weighted by molar-refractivity contribution is -0.117. The minimum Gasteiger partial charge on any atom is -0.325 e. The quantitative estimate of drug-likeness (QED) is 0.870. The third-order valence-corrected chi connectivity index (χ3v) is 3.28. The van der Waals surface area contributed by atoms with Crippen molar-refractivity contribution in [1.82, 2.24) is 5.32 Å². The standard InChI is InChI=1S/C11H13FN2OS.ClH/c1-7-2-8(12)4-9(3-7)14-11(15)10-5-16-6-13-10;/h2-4,10,13H,5-6H2,1H3,(H,14,15);1H. The highest BCUT2D eigenvalue weighted by Crippen LogP contribution is 2.15. The van der Waals surface area contributed by atoms with Crippen LogP contribution in [0.2, 0.25) is 0 Å². The smallest absolute Gasteiger partial charge is 0.242 e. The van der Waals surface area contributed by atoms with Crippen LogP contribution in [0.1, 0.15) is 5.56 Å². The maximum absolute atomic E-state index is 13.1. The second-order valence-electron chi connectivity index (χ2n) is 3.78. The molecule has 94 valence electrons. The SMILES string of the molecule is Cc1cc(F)cc(NC(=O)C2CSCN2)c1.Cl. The molecule has 1 aliphatic rings. The molecule has 1 amide bonds. The van der Waals surface area contributed by atoms with Crippen LogP contribution in [0.15, 0.2) is 18.2 Å². The predicted octanol–water partition coefficient (Wildman–Crippen LogP) is 2.16. The summed E-state index contributed by atoms with van der Waals surface area (Å²) >= 11 is 1.68. The fraction of sp³-hybridized carbons (Fsp3) is 0.364. The molecule has 0 spiro atoms. The van der Waals surface area contributed by atoms with Crippen molar-refractivity contribution in [3.63, 3.8) is 0 Å². The van der Waals surface area contributed by atoms with Crippen LogP contribution in [-0.4, -0.2) is 23.6 Å². The number of hydrogen-bond acceptors (Lipinski definition) is 3. The van der Waals surface area contributed by atoms with E-state index in [0.717, 1.165) is 17.2 Å². The van der Waals surface area contributed by atoms with E-state index in [1.807, 2.05) is 0 Å². The van der Waals surface area contributed by atoms with Crippen molar-refractivity contribution in [1.29, 1.82) is 0 Å². The number of hydrogen-bond donors (Lipinski definition) is 2. The van der Waals surface area contributed by atoms with Crippen LogP contribution in [-0.2, 0) is 4.79 Å². The molecule has 2 rings (SSSR count). The zero-order valence-corrected chi connectivity index (χ0v) is 11.0. The first-order chi connectivity index (χ1) is 7.65. The van der Waals surface area contributed by atoms with E-state index in [0.29, 0.717) is 5.69 Å². The third kappa shape index (κ3) is 3.87. The number of aryl methyl sites for hydroxylation is 1. The second kappa shape index (κ2) is 6.23. The van der Waals surface area contributed by atoms with Gasteiger partial charge < -0.3 is 5.32 Å². The van der Waals surface area contributed by atoms with Crippen LogP contribution < -0.4 is 10.6 Å². The van der Waals surface area contributed by atoms with Gasteiger partial charge in [0.25, 0.3) is 0 Å². The van der Waals surface area contributed by atoms with Crippen LogP contribution in [0.25, 0.3) is 0 Å². The van der Waals surface area contributed by atoms with E-state index in [4.69, 9.17) is 0 Å². The molecular formula is C11H14ClFN2OS. The van der Waals surface area contributed by atoms with Crippen LogP contribution in [0, 0.1) is 12.7 Å². The van der Waals surface area contributed by atoms with Crippen LogP contribution in [0.4, 0.5) is 10.1 Å². The highest BCUT2D eigenvalue weighted by atomic mass is 35.5.